The average molecular weight is 304 g/mol. The van der Waals surface area contributed by atoms with Crippen molar-refractivity contribution in [3.05, 3.63) is 65.2 Å². The van der Waals surface area contributed by atoms with Crippen LogP contribution < -0.4 is 5.32 Å². The van der Waals surface area contributed by atoms with Gasteiger partial charge in [-0.3, -0.25) is 4.79 Å². The van der Waals surface area contributed by atoms with E-state index in [4.69, 9.17) is 16.3 Å². The van der Waals surface area contributed by atoms with Gasteiger partial charge in [-0.05, 0) is 31.2 Å². The van der Waals surface area contributed by atoms with E-state index in [2.05, 4.69) is 5.32 Å². The number of carbonyl (C=O) groups is 2. The Morgan fingerprint density at radius 1 is 1.05 bits per heavy atom. The van der Waals surface area contributed by atoms with Crippen molar-refractivity contribution in [2.45, 2.75) is 13.0 Å². The highest BCUT2D eigenvalue weighted by molar-refractivity contribution is 6.33. The molecule has 0 aromatic heterocycles. The number of amides is 1. The van der Waals surface area contributed by atoms with E-state index >= 15 is 0 Å². The van der Waals surface area contributed by atoms with E-state index in [1.807, 2.05) is 6.07 Å². The summed E-state index contributed by atoms with van der Waals surface area (Å²) in [7, 11) is 0. The van der Waals surface area contributed by atoms with Gasteiger partial charge in [0.1, 0.15) is 0 Å². The van der Waals surface area contributed by atoms with Crippen LogP contribution in [-0.4, -0.2) is 18.0 Å². The molecule has 1 amide bonds. The second-order valence-corrected chi connectivity index (χ2v) is 4.79. The predicted octanol–water partition coefficient (Wildman–Crippen LogP) is 3.52. The molecular weight excluding hydrogens is 290 g/mol. The minimum Gasteiger partial charge on any atom is -0.449 e. The van der Waals surface area contributed by atoms with Gasteiger partial charge in [0, 0.05) is 5.69 Å². The third-order valence-electron chi connectivity index (χ3n) is 2.79. The van der Waals surface area contributed by atoms with Crippen LogP contribution in [0.1, 0.15) is 17.3 Å². The van der Waals surface area contributed by atoms with Gasteiger partial charge in [-0.15, -0.1) is 0 Å². The molecule has 5 heteroatoms. The average Bonchev–Trinajstić information content (AvgIpc) is 2.48. The molecule has 0 radical (unpaired) electrons. The van der Waals surface area contributed by atoms with E-state index < -0.39 is 18.0 Å². The Morgan fingerprint density at radius 2 is 1.67 bits per heavy atom. The topological polar surface area (TPSA) is 55.4 Å². The highest BCUT2D eigenvalue weighted by Crippen LogP contribution is 2.17. The monoisotopic (exact) mass is 303 g/mol. The Kier molecular flexibility index (Phi) is 4.95. The Labute approximate surface area is 127 Å². The van der Waals surface area contributed by atoms with Gasteiger partial charge in [0.05, 0.1) is 10.6 Å². The van der Waals surface area contributed by atoms with E-state index in [1.54, 1.807) is 48.5 Å². The first-order valence-electron chi connectivity index (χ1n) is 6.39. The third-order valence-corrected chi connectivity index (χ3v) is 3.12. The summed E-state index contributed by atoms with van der Waals surface area (Å²) in [5, 5.41) is 2.95. The zero-order valence-electron chi connectivity index (χ0n) is 11.4. The molecular formula is C16H14ClNO3. The standard InChI is InChI=1S/C16H14ClNO3/c1-11(15(19)18-12-7-3-2-4-8-12)21-16(20)13-9-5-6-10-14(13)17/h2-11H,1H3,(H,18,19)/t11-/m0/s1. The van der Waals surface area contributed by atoms with Crippen molar-refractivity contribution in [1.29, 1.82) is 0 Å². The molecule has 0 fully saturated rings. The Balaban J connectivity index is 1.98. The summed E-state index contributed by atoms with van der Waals surface area (Å²) < 4.78 is 5.12. The number of para-hydroxylation sites is 1. The molecule has 0 saturated carbocycles. The Bertz CT molecular complexity index is 643. The van der Waals surface area contributed by atoms with E-state index in [1.165, 1.54) is 6.92 Å². The number of anilines is 1. The van der Waals surface area contributed by atoms with Crippen molar-refractivity contribution in [2.75, 3.05) is 5.32 Å². The molecule has 1 N–H and O–H groups in total. The van der Waals surface area contributed by atoms with E-state index in [-0.39, 0.29) is 10.6 Å². The molecule has 2 aromatic carbocycles. The molecule has 2 aromatic rings. The fraction of sp³-hybridized carbons (Fsp3) is 0.125. The largest absolute Gasteiger partial charge is 0.449 e. The fourth-order valence-corrected chi connectivity index (χ4v) is 1.88. The minimum atomic E-state index is -0.922. The Morgan fingerprint density at radius 3 is 2.33 bits per heavy atom. The quantitative estimate of drug-likeness (QED) is 0.879. The smallest absolute Gasteiger partial charge is 0.340 e. The van der Waals surface area contributed by atoms with Gasteiger partial charge in [-0.2, -0.15) is 0 Å². The lowest BCUT2D eigenvalue weighted by molar-refractivity contribution is -0.123. The van der Waals surface area contributed by atoms with Gasteiger partial charge >= 0.3 is 5.97 Å². The molecule has 1 atom stereocenters. The number of esters is 1. The van der Waals surface area contributed by atoms with Crippen LogP contribution in [0.25, 0.3) is 0 Å². The first kappa shape index (κ1) is 15.1. The minimum absolute atomic E-state index is 0.235. The van der Waals surface area contributed by atoms with Crippen molar-refractivity contribution >= 4 is 29.2 Å². The van der Waals surface area contributed by atoms with E-state index in [9.17, 15) is 9.59 Å². The number of hydrogen-bond acceptors (Lipinski definition) is 3. The van der Waals surface area contributed by atoms with Crippen LogP contribution in [0.15, 0.2) is 54.6 Å². The van der Waals surface area contributed by atoms with Crippen LogP contribution in [0.4, 0.5) is 5.69 Å². The molecule has 2 rings (SSSR count). The van der Waals surface area contributed by atoms with Crippen molar-refractivity contribution < 1.29 is 14.3 Å². The predicted molar refractivity (Wildman–Crippen MR) is 81.4 cm³/mol. The summed E-state index contributed by atoms with van der Waals surface area (Å²) in [6, 6.07) is 15.5. The summed E-state index contributed by atoms with van der Waals surface area (Å²) in [5.41, 5.74) is 0.877. The van der Waals surface area contributed by atoms with Crippen LogP contribution in [0, 0.1) is 0 Å². The lowest BCUT2D eigenvalue weighted by Gasteiger charge is -2.14. The highest BCUT2D eigenvalue weighted by Gasteiger charge is 2.20. The van der Waals surface area contributed by atoms with Crippen molar-refractivity contribution in [1.82, 2.24) is 0 Å². The van der Waals surface area contributed by atoms with Gasteiger partial charge in [-0.1, -0.05) is 41.9 Å². The lowest BCUT2D eigenvalue weighted by atomic mass is 10.2. The molecule has 4 nitrogen and oxygen atoms in total. The maximum atomic E-state index is 11.9. The highest BCUT2D eigenvalue weighted by atomic mass is 35.5. The zero-order valence-corrected chi connectivity index (χ0v) is 12.1. The van der Waals surface area contributed by atoms with E-state index in [0.717, 1.165) is 0 Å². The van der Waals surface area contributed by atoms with Crippen LogP contribution in [0.5, 0.6) is 0 Å². The maximum Gasteiger partial charge on any atom is 0.340 e. The number of hydrogen-bond donors (Lipinski definition) is 1. The molecule has 0 aliphatic carbocycles. The number of rotatable bonds is 4. The van der Waals surface area contributed by atoms with Gasteiger partial charge in [0.2, 0.25) is 0 Å². The summed E-state index contributed by atoms with van der Waals surface area (Å²) >= 11 is 5.91. The number of benzene rings is 2. The number of halogens is 1. The second-order valence-electron chi connectivity index (χ2n) is 4.38. The molecule has 0 unspecified atom stereocenters. The van der Waals surface area contributed by atoms with Crippen LogP contribution >= 0.6 is 11.6 Å². The SMILES string of the molecule is C[C@H](OC(=O)c1ccccc1Cl)C(=O)Nc1ccccc1. The molecule has 108 valence electrons. The van der Waals surface area contributed by atoms with Gasteiger partial charge < -0.3 is 10.1 Å². The number of nitrogens with one attached hydrogen (secondary N) is 1. The van der Waals surface area contributed by atoms with Crippen LogP contribution in [-0.2, 0) is 9.53 Å². The summed E-state index contributed by atoms with van der Waals surface area (Å²) in [6.07, 6.45) is -0.922. The van der Waals surface area contributed by atoms with Crippen LogP contribution in [0.3, 0.4) is 0 Å². The van der Waals surface area contributed by atoms with Crippen molar-refractivity contribution in [3.63, 3.8) is 0 Å². The zero-order chi connectivity index (χ0) is 15.2. The normalized spacial score (nSPS) is 11.5. The molecule has 21 heavy (non-hydrogen) atoms. The van der Waals surface area contributed by atoms with Gasteiger partial charge in [0.25, 0.3) is 5.91 Å². The van der Waals surface area contributed by atoms with Crippen molar-refractivity contribution in [2.24, 2.45) is 0 Å². The molecule has 0 heterocycles. The summed E-state index contributed by atoms with van der Waals surface area (Å²) in [5.74, 6) is -1.03. The molecule has 0 spiro atoms. The Hall–Kier alpha value is -2.33. The van der Waals surface area contributed by atoms with Gasteiger partial charge in [-0.25, -0.2) is 4.79 Å². The second kappa shape index (κ2) is 6.90. The maximum absolute atomic E-state index is 11.9. The number of carbonyl (C=O) groups excluding carboxylic acids is 2. The van der Waals surface area contributed by atoms with E-state index in [0.29, 0.717) is 5.69 Å². The fourth-order valence-electron chi connectivity index (χ4n) is 1.67. The van der Waals surface area contributed by atoms with Crippen LogP contribution in [0.2, 0.25) is 5.02 Å². The first-order valence-corrected chi connectivity index (χ1v) is 6.77. The molecule has 0 bridgehead atoms. The molecule has 0 saturated heterocycles. The summed E-state index contributed by atoms with van der Waals surface area (Å²) in [4.78, 5) is 23.9. The summed E-state index contributed by atoms with van der Waals surface area (Å²) in [6.45, 7) is 1.51. The van der Waals surface area contributed by atoms with Gasteiger partial charge in [0.15, 0.2) is 6.10 Å². The first-order chi connectivity index (χ1) is 10.1. The molecule has 0 aliphatic rings. The third kappa shape index (κ3) is 4.07. The number of ether oxygens (including phenoxy) is 1. The molecule has 0 aliphatic heterocycles. The van der Waals surface area contributed by atoms with Crippen molar-refractivity contribution in [3.8, 4) is 0 Å². The lowest BCUT2D eigenvalue weighted by Crippen LogP contribution is -2.30.